The van der Waals surface area contributed by atoms with E-state index < -0.39 is 5.60 Å². The molecule has 35 heavy (non-hydrogen) atoms. The van der Waals surface area contributed by atoms with Crippen LogP contribution >= 0.6 is 0 Å². The molecule has 1 unspecified atom stereocenters. The molecule has 7 heteroatoms. The second-order valence-corrected chi connectivity index (χ2v) is 8.48. The molecule has 1 aliphatic carbocycles. The number of fused-ring (bicyclic) bond motifs is 1. The van der Waals surface area contributed by atoms with Gasteiger partial charge in [-0.25, -0.2) is 9.97 Å². The standard InChI is InChI=1S/C28H24N4O3/c1-32-17-30-15-26(32)28(34,21-8-7-19(14-29)20(11-21)16-33)22-9-10-25-24(12-22)23(13-27(31-25)35-2)18-5-3-4-6-18/h3,5-13,15,17,33-34H,4,16H2,1-2H3. The number of aromatic nitrogens is 3. The van der Waals surface area contributed by atoms with Crippen molar-refractivity contribution in [3.8, 4) is 11.9 Å². The van der Waals surface area contributed by atoms with Gasteiger partial charge in [0.25, 0.3) is 0 Å². The number of pyridine rings is 1. The molecule has 2 N–H and O–H groups in total. The number of hydrogen-bond acceptors (Lipinski definition) is 6. The van der Waals surface area contributed by atoms with Gasteiger partial charge in [0.05, 0.1) is 49.1 Å². The lowest BCUT2D eigenvalue weighted by Crippen LogP contribution is -2.31. The van der Waals surface area contributed by atoms with E-state index in [9.17, 15) is 15.5 Å². The minimum Gasteiger partial charge on any atom is -0.481 e. The summed E-state index contributed by atoms with van der Waals surface area (Å²) in [4.78, 5) is 8.85. The number of nitrogens with zero attached hydrogens (tertiary/aromatic N) is 4. The number of aryl methyl sites for hydroxylation is 1. The predicted octanol–water partition coefficient (Wildman–Crippen LogP) is 3.97. The maximum absolute atomic E-state index is 12.4. The molecular weight excluding hydrogens is 440 g/mol. The fourth-order valence-corrected chi connectivity index (χ4v) is 4.65. The quantitative estimate of drug-likeness (QED) is 0.448. The van der Waals surface area contributed by atoms with E-state index in [0.717, 1.165) is 28.5 Å². The Hall–Kier alpha value is -4.25. The van der Waals surface area contributed by atoms with Crippen LogP contribution in [0.3, 0.4) is 0 Å². The number of nitriles is 1. The smallest absolute Gasteiger partial charge is 0.214 e. The molecule has 1 atom stereocenters. The maximum Gasteiger partial charge on any atom is 0.214 e. The number of aliphatic hydroxyl groups is 2. The Labute approximate surface area is 202 Å². The maximum atomic E-state index is 12.4. The Balaban J connectivity index is 1.80. The summed E-state index contributed by atoms with van der Waals surface area (Å²) >= 11 is 0. The first-order chi connectivity index (χ1) is 17.0. The zero-order chi connectivity index (χ0) is 24.6. The summed E-state index contributed by atoms with van der Waals surface area (Å²) in [5.74, 6) is 0.517. The lowest BCUT2D eigenvalue weighted by molar-refractivity contribution is 0.117. The molecule has 4 aromatic rings. The molecule has 2 heterocycles. The number of hydrogen-bond donors (Lipinski definition) is 2. The van der Waals surface area contributed by atoms with Crippen LogP contribution in [-0.2, 0) is 19.3 Å². The third-order valence-electron chi connectivity index (χ3n) is 6.50. The molecule has 2 aromatic carbocycles. The molecule has 0 spiro atoms. The number of allylic oxidation sites excluding steroid dienone is 4. The summed E-state index contributed by atoms with van der Waals surface area (Å²) in [6.45, 7) is -0.315. The predicted molar refractivity (Wildman–Crippen MR) is 132 cm³/mol. The highest BCUT2D eigenvalue weighted by Gasteiger charge is 2.37. The van der Waals surface area contributed by atoms with E-state index in [4.69, 9.17) is 4.74 Å². The summed E-state index contributed by atoms with van der Waals surface area (Å²) in [6.07, 6.45) is 10.4. The van der Waals surface area contributed by atoms with Crippen LogP contribution in [0.4, 0.5) is 0 Å². The largest absolute Gasteiger partial charge is 0.481 e. The Morgan fingerprint density at radius 1 is 1.17 bits per heavy atom. The second kappa shape index (κ2) is 8.84. The molecule has 174 valence electrons. The minimum atomic E-state index is -1.60. The molecule has 7 nitrogen and oxygen atoms in total. The van der Waals surface area contributed by atoms with Crippen molar-refractivity contribution in [2.75, 3.05) is 7.11 Å². The molecule has 2 aromatic heterocycles. The van der Waals surface area contributed by atoms with Crippen molar-refractivity contribution >= 4 is 16.5 Å². The SMILES string of the molecule is COc1cc(C2=CCC=C2)c2cc(C(O)(c3ccc(C#N)c(CO)c3)c3cncn3C)ccc2n1. The highest BCUT2D eigenvalue weighted by atomic mass is 16.5. The first-order valence-electron chi connectivity index (χ1n) is 11.2. The second-order valence-electron chi connectivity index (χ2n) is 8.48. The third kappa shape index (κ3) is 3.69. The van der Waals surface area contributed by atoms with Gasteiger partial charge in [0.15, 0.2) is 5.60 Å². The summed E-state index contributed by atoms with van der Waals surface area (Å²) < 4.78 is 7.20. The van der Waals surface area contributed by atoms with Crippen LogP contribution in [0.25, 0.3) is 16.5 Å². The highest BCUT2D eigenvalue weighted by molar-refractivity contribution is 5.96. The first kappa shape index (κ1) is 22.5. The summed E-state index contributed by atoms with van der Waals surface area (Å²) in [5, 5.41) is 32.5. The Bertz CT molecular complexity index is 1540. The zero-order valence-corrected chi connectivity index (χ0v) is 19.4. The van der Waals surface area contributed by atoms with E-state index in [-0.39, 0.29) is 6.61 Å². The monoisotopic (exact) mass is 464 g/mol. The van der Waals surface area contributed by atoms with E-state index >= 15 is 0 Å². The minimum absolute atomic E-state index is 0.315. The molecule has 1 aliphatic rings. The average molecular weight is 465 g/mol. The van der Waals surface area contributed by atoms with Crippen molar-refractivity contribution in [2.45, 2.75) is 18.6 Å². The number of benzene rings is 2. The molecule has 5 rings (SSSR count). The molecule has 0 fully saturated rings. The van der Waals surface area contributed by atoms with Gasteiger partial charge in [-0.05, 0) is 58.5 Å². The normalized spacial score (nSPS) is 14.5. The van der Waals surface area contributed by atoms with Gasteiger partial charge in [-0.2, -0.15) is 5.26 Å². The van der Waals surface area contributed by atoms with E-state index in [1.165, 1.54) is 0 Å². The van der Waals surface area contributed by atoms with Crippen LogP contribution in [0.15, 0.2) is 73.2 Å². The van der Waals surface area contributed by atoms with Crippen molar-refractivity contribution in [3.63, 3.8) is 0 Å². The summed E-state index contributed by atoms with van der Waals surface area (Å²) in [6, 6.07) is 14.6. The highest BCUT2D eigenvalue weighted by Crippen LogP contribution is 2.40. The van der Waals surface area contributed by atoms with Crippen molar-refractivity contribution < 1.29 is 14.9 Å². The lowest BCUT2D eigenvalue weighted by Gasteiger charge is -2.30. The summed E-state index contributed by atoms with van der Waals surface area (Å²) in [5.41, 5.74) is 3.66. The number of methoxy groups -OCH3 is 1. The summed E-state index contributed by atoms with van der Waals surface area (Å²) in [7, 11) is 3.41. The number of imidazole rings is 1. The molecule has 0 aliphatic heterocycles. The van der Waals surface area contributed by atoms with Gasteiger partial charge < -0.3 is 19.5 Å². The van der Waals surface area contributed by atoms with Crippen molar-refractivity contribution in [1.82, 2.24) is 14.5 Å². The molecule has 0 radical (unpaired) electrons. The Kier molecular flexibility index (Phi) is 5.69. The average Bonchev–Trinajstić information content (AvgIpc) is 3.59. The fourth-order valence-electron chi connectivity index (χ4n) is 4.65. The van der Waals surface area contributed by atoms with Crippen LogP contribution in [0.5, 0.6) is 5.88 Å². The molecular formula is C28H24N4O3. The van der Waals surface area contributed by atoms with E-state index in [1.54, 1.807) is 42.4 Å². The van der Waals surface area contributed by atoms with Gasteiger partial charge in [0, 0.05) is 18.5 Å². The van der Waals surface area contributed by atoms with Gasteiger partial charge in [0.2, 0.25) is 5.88 Å². The molecule has 0 amide bonds. The van der Waals surface area contributed by atoms with Gasteiger partial charge in [-0.3, -0.25) is 0 Å². The van der Waals surface area contributed by atoms with Crippen molar-refractivity contribution in [3.05, 3.63) is 107 Å². The van der Waals surface area contributed by atoms with Crippen molar-refractivity contribution in [1.29, 1.82) is 5.26 Å². The van der Waals surface area contributed by atoms with Crippen molar-refractivity contribution in [2.24, 2.45) is 7.05 Å². The molecule has 0 saturated heterocycles. The zero-order valence-electron chi connectivity index (χ0n) is 19.4. The third-order valence-corrected chi connectivity index (χ3v) is 6.50. The van der Waals surface area contributed by atoms with Gasteiger partial charge >= 0.3 is 0 Å². The van der Waals surface area contributed by atoms with E-state index in [0.29, 0.717) is 33.8 Å². The molecule has 0 bridgehead atoms. The van der Waals surface area contributed by atoms with Gasteiger partial charge in [-0.15, -0.1) is 0 Å². The first-order valence-corrected chi connectivity index (χ1v) is 11.2. The number of ether oxygens (including phenoxy) is 1. The van der Waals surface area contributed by atoms with Gasteiger partial charge in [-0.1, -0.05) is 30.4 Å². The van der Waals surface area contributed by atoms with Crippen LogP contribution in [-0.4, -0.2) is 31.9 Å². The molecule has 0 saturated carbocycles. The Morgan fingerprint density at radius 2 is 1.97 bits per heavy atom. The van der Waals surface area contributed by atoms with Crippen LogP contribution in [0, 0.1) is 11.3 Å². The lowest BCUT2D eigenvalue weighted by atomic mass is 9.81. The number of aliphatic hydroxyl groups excluding tert-OH is 1. The van der Waals surface area contributed by atoms with Crippen LogP contribution < -0.4 is 4.74 Å². The van der Waals surface area contributed by atoms with Crippen LogP contribution in [0.1, 0.15) is 39.9 Å². The van der Waals surface area contributed by atoms with E-state index in [2.05, 4.69) is 34.3 Å². The van der Waals surface area contributed by atoms with Crippen LogP contribution in [0.2, 0.25) is 0 Å². The topological polar surface area (TPSA) is 104 Å². The fraction of sp³-hybridized carbons (Fsp3) is 0.179. The van der Waals surface area contributed by atoms with E-state index in [1.807, 2.05) is 31.3 Å². The van der Waals surface area contributed by atoms with Gasteiger partial charge in [0.1, 0.15) is 0 Å². The number of rotatable bonds is 6. The Morgan fingerprint density at radius 3 is 2.63 bits per heavy atom.